The molecule has 2 unspecified atom stereocenters. The van der Waals surface area contributed by atoms with E-state index in [4.69, 9.17) is 5.11 Å². The summed E-state index contributed by atoms with van der Waals surface area (Å²) in [5.41, 5.74) is 0. The first-order chi connectivity index (χ1) is 9.42. The first-order valence-electron chi connectivity index (χ1n) is 7.14. The number of carbonyl (C=O) groups excluding carboxylic acids is 1. The minimum atomic E-state index is -4.34. The highest BCUT2D eigenvalue weighted by atomic mass is 19.4. The van der Waals surface area contributed by atoms with Crippen LogP contribution >= 0.6 is 0 Å². The number of nitrogens with zero attached hydrogens (tertiary/aromatic N) is 2. The fraction of sp³-hybridized carbons (Fsp3) is 0.923. The van der Waals surface area contributed by atoms with Crippen LogP contribution in [-0.2, 0) is 4.79 Å². The lowest BCUT2D eigenvalue weighted by Crippen LogP contribution is -2.50. The van der Waals surface area contributed by atoms with Crippen LogP contribution in [0.2, 0.25) is 0 Å². The van der Waals surface area contributed by atoms with Gasteiger partial charge in [-0.1, -0.05) is 6.42 Å². The smallest absolute Gasteiger partial charge is 0.396 e. The molecule has 0 saturated carbocycles. The molecule has 0 radical (unpaired) electrons. The number of hydrogen-bond acceptors (Lipinski definition) is 3. The van der Waals surface area contributed by atoms with Gasteiger partial charge in [0.15, 0.2) is 0 Å². The monoisotopic (exact) mass is 294 g/mol. The predicted octanol–water partition coefficient (Wildman–Crippen LogP) is 1.39. The molecule has 2 heterocycles. The van der Waals surface area contributed by atoms with Gasteiger partial charge in [-0.15, -0.1) is 0 Å². The number of hydrogen-bond donors (Lipinski definition) is 1. The minimum Gasteiger partial charge on any atom is -0.396 e. The molecule has 1 amide bonds. The number of piperidine rings is 1. The van der Waals surface area contributed by atoms with E-state index in [1.807, 2.05) is 4.90 Å². The fourth-order valence-corrected chi connectivity index (χ4v) is 3.30. The summed E-state index contributed by atoms with van der Waals surface area (Å²) in [6.07, 6.45) is -0.375. The van der Waals surface area contributed by atoms with E-state index < -0.39 is 24.7 Å². The minimum absolute atomic E-state index is 0.0499. The van der Waals surface area contributed by atoms with Gasteiger partial charge in [-0.3, -0.25) is 9.69 Å². The van der Waals surface area contributed by atoms with Gasteiger partial charge in [0.1, 0.15) is 6.54 Å². The van der Waals surface area contributed by atoms with Gasteiger partial charge in [0.05, 0.1) is 6.04 Å². The highest BCUT2D eigenvalue weighted by Gasteiger charge is 2.43. The van der Waals surface area contributed by atoms with Crippen molar-refractivity contribution in [3.05, 3.63) is 0 Å². The van der Waals surface area contributed by atoms with Crippen LogP contribution in [-0.4, -0.2) is 65.3 Å². The molecule has 7 heteroatoms. The predicted molar refractivity (Wildman–Crippen MR) is 67.1 cm³/mol. The second kappa shape index (κ2) is 6.30. The number of aliphatic hydroxyl groups excluding tert-OH is 1. The van der Waals surface area contributed by atoms with E-state index in [0.29, 0.717) is 12.8 Å². The third-order valence-electron chi connectivity index (χ3n) is 4.17. The van der Waals surface area contributed by atoms with Gasteiger partial charge in [0.25, 0.3) is 0 Å². The summed E-state index contributed by atoms with van der Waals surface area (Å²) in [5, 5.41) is 9.08. The molecule has 2 atom stereocenters. The van der Waals surface area contributed by atoms with Crippen LogP contribution < -0.4 is 0 Å². The highest BCUT2D eigenvalue weighted by molar-refractivity contribution is 5.84. The lowest BCUT2D eigenvalue weighted by Gasteiger charge is -2.38. The fourth-order valence-electron chi connectivity index (χ4n) is 3.30. The molecule has 1 N–H and O–H groups in total. The molecule has 2 aliphatic heterocycles. The Morgan fingerprint density at radius 1 is 1.20 bits per heavy atom. The highest BCUT2D eigenvalue weighted by Crippen LogP contribution is 2.28. The number of aliphatic hydroxyl groups is 1. The van der Waals surface area contributed by atoms with E-state index in [9.17, 15) is 18.0 Å². The van der Waals surface area contributed by atoms with Crippen molar-refractivity contribution < 1.29 is 23.1 Å². The van der Waals surface area contributed by atoms with Crippen molar-refractivity contribution in [1.82, 2.24) is 9.80 Å². The molecule has 2 saturated heterocycles. The average Bonchev–Trinajstić information content (AvgIpc) is 2.70. The largest absolute Gasteiger partial charge is 0.406 e. The maximum absolute atomic E-state index is 12.4. The van der Waals surface area contributed by atoms with Crippen molar-refractivity contribution in [3.63, 3.8) is 0 Å². The molecular weight excluding hydrogens is 273 g/mol. The number of alkyl halides is 3. The zero-order chi connectivity index (χ0) is 14.8. The summed E-state index contributed by atoms with van der Waals surface area (Å²) >= 11 is 0. The Balaban J connectivity index is 2.00. The summed E-state index contributed by atoms with van der Waals surface area (Å²) in [6.45, 7) is -0.193. The summed E-state index contributed by atoms with van der Waals surface area (Å²) in [6, 6.07) is -0.317. The van der Waals surface area contributed by atoms with Crippen molar-refractivity contribution in [2.45, 2.75) is 50.4 Å². The van der Waals surface area contributed by atoms with Gasteiger partial charge in [0.2, 0.25) is 5.91 Å². The molecule has 116 valence electrons. The number of likely N-dealkylation sites (tertiary alicyclic amines) is 2. The van der Waals surface area contributed by atoms with Crippen molar-refractivity contribution in [2.75, 3.05) is 26.2 Å². The zero-order valence-corrected chi connectivity index (χ0v) is 11.4. The molecular formula is C13H21F3N2O2. The Labute approximate surface area is 116 Å². The van der Waals surface area contributed by atoms with Gasteiger partial charge < -0.3 is 10.0 Å². The topological polar surface area (TPSA) is 43.8 Å². The Morgan fingerprint density at radius 3 is 2.60 bits per heavy atom. The molecule has 2 fully saturated rings. The lowest BCUT2D eigenvalue weighted by molar-refractivity contribution is -0.159. The van der Waals surface area contributed by atoms with Gasteiger partial charge in [-0.05, 0) is 32.2 Å². The molecule has 20 heavy (non-hydrogen) atoms. The standard InChI is InChI=1S/C13H21F3N2O2/c14-13(15,16)9-17-7-4-11(12(17)20)18-6-2-1-3-10(18)5-8-19/h10-11,19H,1-9H2. The van der Waals surface area contributed by atoms with E-state index in [2.05, 4.69) is 0 Å². The van der Waals surface area contributed by atoms with Gasteiger partial charge in [-0.25, -0.2) is 0 Å². The maximum Gasteiger partial charge on any atom is 0.406 e. The zero-order valence-electron chi connectivity index (χ0n) is 11.4. The van der Waals surface area contributed by atoms with Crippen molar-refractivity contribution >= 4 is 5.91 Å². The van der Waals surface area contributed by atoms with Crippen molar-refractivity contribution in [2.24, 2.45) is 0 Å². The van der Waals surface area contributed by atoms with E-state index in [1.54, 1.807) is 0 Å². The molecule has 0 bridgehead atoms. The molecule has 0 aromatic rings. The second-order valence-electron chi connectivity index (χ2n) is 5.58. The molecule has 0 aromatic carbocycles. The van der Waals surface area contributed by atoms with Crippen LogP contribution in [0.1, 0.15) is 32.1 Å². The van der Waals surface area contributed by atoms with Crippen molar-refractivity contribution in [1.29, 1.82) is 0 Å². The summed E-state index contributed by atoms with van der Waals surface area (Å²) in [5.74, 6) is -0.410. The Kier molecular flexibility index (Phi) is 4.90. The second-order valence-corrected chi connectivity index (χ2v) is 5.58. The molecule has 0 aliphatic carbocycles. The number of amides is 1. The van der Waals surface area contributed by atoms with Crippen molar-refractivity contribution in [3.8, 4) is 0 Å². The maximum atomic E-state index is 12.4. The number of rotatable bonds is 4. The van der Waals surface area contributed by atoms with Gasteiger partial charge in [0, 0.05) is 19.2 Å². The van der Waals surface area contributed by atoms with Crippen LogP contribution in [0.5, 0.6) is 0 Å². The third kappa shape index (κ3) is 3.63. The Bertz CT molecular complexity index is 347. The lowest BCUT2D eigenvalue weighted by atomic mass is 9.97. The Hall–Kier alpha value is -0.820. The molecule has 0 aromatic heterocycles. The molecule has 2 rings (SSSR count). The van der Waals surface area contributed by atoms with Gasteiger partial charge >= 0.3 is 6.18 Å². The van der Waals surface area contributed by atoms with Crippen LogP contribution in [0.25, 0.3) is 0 Å². The molecule has 2 aliphatic rings. The van der Waals surface area contributed by atoms with E-state index in [1.165, 1.54) is 0 Å². The van der Waals surface area contributed by atoms with Crippen LogP contribution in [0, 0.1) is 0 Å². The van der Waals surface area contributed by atoms with Crippen LogP contribution in [0.15, 0.2) is 0 Å². The first kappa shape index (κ1) is 15.6. The van der Waals surface area contributed by atoms with Crippen LogP contribution in [0.4, 0.5) is 13.2 Å². The van der Waals surface area contributed by atoms with E-state index in [-0.39, 0.29) is 19.2 Å². The van der Waals surface area contributed by atoms with E-state index in [0.717, 1.165) is 30.7 Å². The van der Waals surface area contributed by atoms with Gasteiger partial charge in [-0.2, -0.15) is 13.2 Å². The summed E-state index contributed by atoms with van der Waals surface area (Å²) in [4.78, 5) is 15.1. The first-order valence-corrected chi connectivity index (χ1v) is 7.14. The SMILES string of the molecule is O=C1C(N2CCCCC2CCO)CCN1CC(F)(F)F. The molecule has 0 spiro atoms. The Morgan fingerprint density at radius 2 is 1.95 bits per heavy atom. The third-order valence-corrected chi connectivity index (χ3v) is 4.17. The quantitative estimate of drug-likeness (QED) is 0.852. The summed E-state index contributed by atoms with van der Waals surface area (Å²) < 4.78 is 37.2. The van der Waals surface area contributed by atoms with E-state index >= 15 is 0 Å². The number of halogens is 3. The van der Waals surface area contributed by atoms with Crippen LogP contribution in [0.3, 0.4) is 0 Å². The average molecular weight is 294 g/mol. The summed E-state index contributed by atoms with van der Waals surface area (Å²) in [7, 11) is 0. The number of carbonyl (C=O) groups is 1. The normalized spacial score (nSPS) is 29.2. The molecule has 4 nitrogen and oxygen atoms in total.